The van der Waals surface area contributed by atoms with Crippen molar-refractivity contribution in [1.29, 1.82) is 0 Å². The summed E-state index contributed by atoms with van der Waals surface area (Å²) in [6.45, 7) is 9.93. The molecular weight excluding hydrogens is 458 g/mol. The Morgan fingerprint density at radius 2 is 1.60 bits per heavy atom. The third-order valence-electron chi connectivity index (χ3n) is 5.77. The average molecular weight is 488 g/mol. The number of carbonyl (C=O) groups excluding carboxylic acids is 1. The summed E-state index contributed by atoms with van der Waals surface area (Å²) >= 11 is 6.21. The molecule has 3 aromatic carbocycles. The second-order valence-corrected chi connectivity index (χ2v) is 9.96. The predicted molar refractivity (Wildman–Crippen MR) is 143 cm³/mol. The van der Waals surface area contributed by atoms with E-state index in [0.29, 0.717) is 5.02 Å². The van der Waals surface area contributed by atoms with Gasteiger partial charge in [0.1, 0.15) is 0 Å². The van der Waals surface area contributed by atoms with E-state index in [1.54, 1.807) is 19.3 Å². The van der Waals surface area contributed by atoms with E-state index in [0.717, 1.165) is 44.2 Å². The predicted octanol–water partition coefficient (Wildman–Crippen LogP) is 7.95. The van der Waals surface area contributed by atoms with Gasteiger partial charge in [-0.25, -0.2) is 4.79 Å². The molecule has 0 aliphatic rings. The van der Waals surface area contributed by atoms with Gasteiger partial charge in [-0.05, 0) is 104 Å². The van der Waals surface area contributed by atoms with Crippen molar-refractivity contribution in [2.24, 2.45) is 0 Å². The van der Waals surface area contributed by atoms with E-state index >= 15 is 0 Å². The van der Waals surface area contributed by atoms with Gasteiger partial charge in [-0.3, -0.25) is 4.98 Å². The van der Waals surface area contributed by atoms with Crippen LogP contribution in [0.3, 0.4) is 0 Å². The third-order valence-corrected chi connectivity index (χ3v) is 6.02. The number of nitrogens with zero attached hydrogens (tertiary/aromatic N) is 1. The molecule has 0 radical (unpaired) electrons. The highest BCUT2D eigenvalue weighted by Crippen LogP contribution is 2.42. The molecule has 1 heterocycles. The van der Waals surface area contributed by atoms with Crippen molar-refractivity contribution in [2.45, 2.75) is 46.3 Å². The maximum absolute atomic E-state index is 13.2. The fraction of sp³-hybridized carbons (Fsp3) is 0.267. The van der Waals surface area contributed by atoms with Gasteiger partial charge in [0.2, 0.25) is 0 Å². The maximum atomic E-state index is 13.2. The van der Waals surface area contributed by atoms with Gasteiger partial charge >= 0.3 is 5.97 Å². The topological polar surface area (TPSA) is 48.4 Å². The highest BCUT2D eigenvalue weighted by molar-refractivity contribution is 6.30. The van der Waals surface area contributed by atoms with Crippen LogP contribution in [0.2, 0.25) is 5.02 Å². The standard InChI is InChI=1S/C30H30ClNO3/c1-6-34-29(33)28(35-30(3,4)5)26-19(2)17-23-18-22(20-13-15-32-16-14-20)9-12-25(23)27(26)21-7-10-24(31)11-8-21/h7-18,28H,6H2,1-5H3. The molecule has 0 fully saturated rings. The van der Waals surface area contributed by atoms with E-state index in [4.69, 9.17) is 21.1 Å². The molecule has 0 saturated carbocycles. The minimum absolute atomic E-state index is 0.279. The number of aryl methyl sites for hydroxylation is 1. The largest absolute Gasteiger partial charge is 0.464 e. The molecule has 4 aromatic rings. The molecule has 4 nitrogen and oxygen atoms in total. The molecule has 35 heavy (non-hydrogen) atoms. The summed E-state index contributed by atoms with van der Waals surface area (Å²) in [5.41, 5.74) is 5.31. The van der Waals surface area contributed by atoms with Crippen LogP contribution in [0.5, 0.6) is 0 Å². The molecule has 180 valence electrons. The highest BCUT2D eigenvalue weighted by atomic mass is 35.5. The molecule has 0 N–H and O–H groups in total. The fourth-order valence-corrected chi connectivity index (χ4v) is 4.47. The monoisotopic (exact) mass is 487 g/mol. The van der Waals surface area contributed by atoms with Gasteiger partial charge in [0.05, 0.1) is 12.2 Å². The first-order valence-corrected chi connectivity index (χ1v) is 12.1. The molecule has 4 rings (SSSR count). The molecule has 0 amide bonds. The minimum Gasteiger partial charge on any atom is -0.464 e. The van der Waals surface area contributed by atoms with Crippen molar-refractivity contribution in [2.75, 3.05) is 6.61 Å². The van der Waals surface area contributed by atoms with Crippen molar-refractivity contribution in [3.05, 3.63) is 89.2 Å². The molecule has 5 heteroatoms. The SMILES string of the molecule is CCOC(=O)C(OC(C)(C)C)c1c(C)cc2cc(-c3ccncc3)ccc2c1-c1ccc(Cl)cc1. The zero-order chi connectivity index (χ0) is 25.2. The zero-order valence-corrected chi connectivity index (χ0v) is 21.5. The summed E-state index contributed by atoms with van der Waals surface area (Å²) in [5, 5.41) is 2.75. The van der Waals surface area contributed by atoms with Gasteiger partial charge in [-0.2, -0.15) is 0 Å². The number of esters is 1. The number of pyridine rings is 1. The molecule has 0 spiro atoms. The van der Waals surface area contributed by atoms with Crippen LogP contribution in [0.15, 0.2) is 73.1 Å². The molecule has 0 saturated heterocycles. The van der Waals surface area contributed by atoms with Crippen LogP contribution in [0.1, 0.15) is 44.9 Å². The van der Waals surface area contributed by atoms with Crippen molar-refractivity contribution in [3.8, 4) is 22.3 Å². The average Bonchev–Trinajstić information content (AvgIpc) is 2.82. The Bertz CT molecular complexity index is 1340. The summed E-state index contributed by atoms with van der Waals surface area (Å²) in [7, 11) is 0. The van der Waals surface area contributed by atoms with E-state index in [9.17, 15) is 4.79 Å². The van der Waals surface area contributed by atoms with Crippen LogP contribution in [0.25, 0.3) is 33.0 Å². The number of carbonyl (C=O) groups is 1. The van der Waals surface area contributed by atoms with Crippen LogP contribution in [-0.2, 0) is 14.3 Å². The summed E-state index contributed by atoms with van der Waals surface area (Å²) in [4.78, 5) is 17.3. The second kappa shape index (κ2) is 10.2. The number of ether oxygens (including phenoxy) is 2. The number of aromatic nitrogens is 1. The number of fused-ring (bicyclic) bond motifs is 1. The van der Waals surface area contributed by atoms with Gasteiger partial charge in [-0.1, -0.05) is 41.9 Å². The van der Waals surface area contributed by atoms with Gasteiger partial charge in [0, 0.05) is 23.0 Å². The summed E-state index contributed by atoms with van der Waals surface area (Å²) in [6.07, 6.45) is 2.71. The second-order valence-electron chi connectivity index (χ2n) is 9.52. The Labute approximate surface area is 211 Å². The van der Waals surface area contributed by atoms with Gasteiger partial charge in [0.15, 0.2) is 6.10 Å². The van der Waals surface area contributed by atoms with E-state index in [-0.39, 0.29) is 6.61 Å². The minimum atomic E-state index is -0.870. The first kappa shape index (κ1) is 24.9. The third kappa shape index (κ3) is 5.55. The van der Waals surface area contributed by atoms with Crippen molar-refractivity contribution in [1.82, 2.24) is 4.98 Å². The summed E-state index contributed by atoms with van der Waals surface area (Å²) in [5.74, 6) is -0.395. The molecule has 0 aliphatic carbocycles. The quantitative estimate of drug-likeness (QED) is 0.259. The van der Waals surface area contributed by atoms with Gasteiger partial charge in [0.25, 0.3) is 0 Å². The maximum Gasteiger partial charge on any atom is 0.339 e. The highest BCUT2D eigenvalue weighted by Gasteiger charge is 2.32. The van der Waals surface area contributed by atoms with Crippen LogP contribution in [0.4, 0.5) is 0 Å². The Balaban J connectivity index is 2.01. The first-order valence-electron chi connectivity index (χ1n) is 11.8. The summed E-state index contributed by atoms with van der Waals surface area (Å²) in [6, 6.07) is 20.2. The van der Waals surface area contributed by atoms with E-state index in [1.165, 1.54) is 0 Å². The molecule has 0 aliphatic heterocycles. The van der Waals surface area contributed by atoms with E-state index in [1.807, 2.05) is 64.1 Å². The summed E-state index contributed by atoms with van der Waals surface area (Å²) < 4.78 is 11.8. The first-order chi connectivity index (χ1) is 16.7. The van der Waals surface area contributed by atoms with E-state index in [2.05, 4.69) is 29.2 Å². The normalized spacial score (nSPS) is 12.5. The number of rotatable bonds is 6. The Kier molecular flexibility index (Phi) is 7.25. The molecule has 1 aromatic heterocycles. The number of hydrogen-bond donors (Lipinski definition) is 0. The molecule has 0 bridgehead atoms. The smallest absolute Gasteiger partial charge is 0.339 e. The van der Waals surface area contributed by atoms with Crippen LogP contribution < -0.4 is 0 Å². The van der Waals surface area contributed by atoms with Crippen LogP contribution in [-0.4, -0.2) is 23.2 Å². The lowest BCUT2D eigenvalue weighted by atomic mass is 9.86. The number of halogens is 1. The van der Waals surface area contributed by atoms with Crippen molar-refractivity contribution >= 4 is 28.3 Å². The van der Waals surface area contributed by atoms with Crippen molar-refractivity contribution < 1.29 is 14.3 Å². The zero-order valence-electron chi connectivity index (χ0n) is 20.8. The van der Waals surface area contributed by atoms with Gasteiger partial charge in [-0.15, -0.1) is 0 Å². The Hall–Kier alpha value is -3.21. The van der Waals surface area contributed by atoms with Crippen molar-refractivity contribution in [3.63, 3.8) is 0 Å². The lowest BCUT2D eigenvalue weighted by Crippen LogP contribution is -2.29. The molecule has 1 unspecified atom stereocenters. The van der Waals surface area contributed by atoms with Crippen LogP contribution >= 0.6 is 11.6 Å². The Morgan fingerprint density at radius 1 is 0.943 bits per heavy atom. The molecular formula is C30H30ClNO3. The van der Waals surface area contributed by atoms with Gasteiger partial charge < -0.3 is 9.47 Å². The van der Waals surface area contributed by atoms with E-state index < -0.39 is 17.7 Å². The number of hydrogen-bond acceptors (Lipinski definition) is 4. The van der Waals surface area contributed by atoms with Crippen LogP contribution in [0, 0.1) is 6.92 Å². The lowest BCUT2D eigenvalue weighted by molar-refractivity contribution is -0.166. The lowest BCUT2D eigenvalue weighted by Gasteiger charge is -2.29. The fourth-order valence-electron chi connectivity index (χ4n) is 4.35. The molecule has 1 atom stereocenters. The Morgan fingerprint density at radius 3 is 2.23 bits per heavy atom. The number of benzene rings is 3.